The summed E-state index contributed by atoms with van der Waals surface area (Å²) in [6, 6.07) is 10.0. The van der Waals surface area contributed by atoms with Gasteiger partial charge in [0.05, 0.1) is 0 Å². The molecule has 0 spiro atoms. The molecule has 1 heterocycles. The summed E-state index contributed by atoms with van der Waals surface area (Å²) in [6.45, 7) is 8.91. The minimum atomic E-state index is -1.24. The molecule has 1 aromatic carbocycles. The Morgan fingerprint density at radius 2 is 1.68 bits per heavy atom. The zero-order valence-electron chi connectivity index (χ0n) is 19.7. The maximum Gasteiger partial charge on any atom is 0.308 e. The normalized spacial score (nSPS) is 19.9. The molecule has 0 fully saturated rings. The van der Waals surface area contributed by atoms with E-state index < -0.39 is 11.6 Å². The molecule has 1 aliphatic heterocycles. The smallest absolute Gasteiger partial charge is 0.308 e. The number of hydrogen-bond acceptors (Lipinski definition) is 7. The first-order valence-electron chi connectivity index (χ1n) is 11.7. The van der Waals surface area contributed by atoms with Crippen molar-refractivity contribution < 1.29 is 9.53 Å². The Kier molecular flexibility index (Phi) is 10.3. The second-order valence-electron chi connectivity index (χ2n) is 8.79. The van der Waals surface area contributed by atoms with Crippen LogP contribution >= 0.6 is 0 Å². The largest absolute Gasteiger partial charge is 0.411 e. The third-order valence-corrected chi connectivity index (χ3v) is 5.17. The zero-order valence-corrected chi connectivity index (χ0v) is 19.7. The van der Waals surface area contributed by atoms with E-state index in [1.165, 1.54) is 51.9 Å². The summed E-state index contributed by atoms with van der Waals surface area (Å²) in [5.74, 6) is -1.01. The Labute approximate surface area is 187 Å². The molecule has 1 aromatic rings. The number of hydrogen-bond donors (Lipinski definition) is 4. The summed E-state index contributed by atoms with van der Waals surface area (Å²) in [5, 5.41) is 13.2. The molecule has 0 aliphatic carbocycles. The van der Waals surface area contributed by atoms with Crippen LogP contribution in [0, 0.1) is 0 Å². The number of nitrogens with one attached hydrogen (secondary N) is 4. The maximum absolute atomic E-state index is 11.9. The molecule has 2 rings (SSSR count). The molecule has 0 radical (unpaired) electrons. The summed E-state index contributed by atoms with van der Waals surface area (Å²) in [7, 11) is 0. The summed E-state index contributed by atoms with van der Waals surface area (Å²) >= 11 is 0. The third kappa shape index (κ3) is 9.70. The van der Waals surface area contributed by atoms with Crippen molar-refractivity contribution in [1.29, 1.82) is 0 Å². The van der Waals surface area contributed by atoms with Crippen molar-refractivity contribution in [3.05, 3.63) is 35.9 Å². The van der Waals surface area contributed by atoms with Crippen LogP contribution in [-0.4, -0.2) is 30.1 Å². The molecule has 0 aromatic heterocycles. The van der Waals surface area contributed by atoms with Crippen LogP contribution in [0.5, 0.6) is 0 Å². The molecule has 7 heteroatoms. The first kappa shape index (κ1) is 25.1. The predicted molar refractivity (Wildman–Crippen MR) is 126 cm³/mol. The molecule has 174 valence electrons. The molecule has 0 bridgehead atoms. The molecule has 0 saturated carbocycles. The monoisotopic (exact) mass is 431 g/mol. The lowest BCUT2D eigenvalue weighted by atomic mass is 10.1. The number of benzene rings is 1. The number of nitrogens with zero attached hydrogens (tertiary/aromatic N) is 1. The van der Waals surface area contributed by atoms with Gasteiger partial charge in [0, 0.05) is 20.0 Å². The summed E-state index contributed by atoms with van der Waals surface area (Å²) in [5.41, 5.74) is 0.470. The molecular formula is C24H41N5O2. The van der Waals surface area contributed by atoms with Gasteiger partial charge in [-0.2, -0.15) is 0 Å². The van der Waals surface area contributed by atoms with Crippen LogP contribution < -0.4 is 21.3 Å². The molecule has 0 amide bonds. The molecule has 0 saturated heterocycles. The van der Waals surface area contributed by atoms with Crippen LogP contribution in [0.15, 0.2) is 35.3 Å². The highest BCUT2D eigenvalue weighted by Crippen LogP contribution is 2.17. The fourth-order valence-corrected chi connectivity index (χ4v) is 3.73. The fraction of sp³-hybridized carbons (Fsp3) is 0.667. The molecule has 1 atom stereocenters. The van der Waals surface area contributed by atoms with Crippen LogP contribution in [0.2, 0.25) is 0 Å². The van der Waals surface area contributed by atoms with E-state index in [1.807, 2.05) is 44.2 Å². The molecule has 7 nitrogen and oxygen atoms in total. The second kappa shape index (κ2) is 12.7. The van der Waals surface area contributed by atoms with Gasteiger partial charge in [-0.25, -0.2) is 15.6 Å². The fourth-order valence-electron chi connectivity index (χ4n) is 3.73. The van der Waals surface area contributed by atoms with Crippen molar-refractivity contribution in [2.24, 2.45) is 4.99 Å². The predicted octanol–water partition coefficient (Wildman–Crippen LogP) is 3.97. The number of aliphatic imine (C=N–C) groups is 1. The van der Waals surface area contributed by atoms with Gasteiger partial charge in [-0.1, -0.05) is 82.2 Å². The highest BCUT2D eigenvalue weighted by Gasteiger charge is 2.43. The number of ether oxygens (including phenoxy) is 1. The molecule has 1 unspecified atom stereocenters. The van der Waals surface area contributed by atoms with Crippen molar-refractivity contribution >= 4 is 11.9 Å². The van der Waals surface area contributed by atoms with E-state index in [9.17, 15) is 4.79 Å². The lowest BCUT2D eigenvalue weighted by Crippen LogP contribution is -2.77. The van der Waals surface area contributed by atoms with Crippen molar-refractivity contribution in [2.45, 2.75) is 97.2 Å². The van der Waals surface area contributed by atoms with Gasteiger partial charge in [0.2, 0.25) is 0 Å². The molecular weight excluding hydrogens is 390 g/mol. The van der Waals surface area contributed by atoms with Crippen LogP contribution in [0.4, 0.5) is 0 Å². The lowest BCUT2D eigenvalue weighted by molar-refractivity contribution is -0.174. The van der Waals surface area contributed by atoms with Gasteiger partial charge < -0.3 is 10.1 Å². The maximum atomic E-state index is 11.9. The number of carbonyl (C=O) groups excluding carboxylic acids is 1. The lowest BCUT2D eigenvalue weighted by Gasteiger charge is -2.44. The minimum Gasteiger partial charge on any atom is -0.411 e. The topological polar surface area (TPSA) is 86.8 Å². The van der Waals surface area contributed by atoms with Crippen molar-refractivity contribution in [3.8, 4) is 0 Å². The van der Waals surface area contributed by atoms with Gasteiger partial charge in [-0.3, -0.25) is 10.1 Å². The Balaban J connectivity index is 1.88. The Morgan fingerprint density at radius 1 is 1.03 bits per heavy atom. The van der Waals surface area contributed by atoms with E-state index in [-0.39, 0.29) is 5.97 Å². The zero-order chi connectivity index (χ0) is 22.6. The highest BCUT2D eigenvalue weighted by atomic mass is 16.6. The molecule has 1 aliphatic rings. The standard InChI is InChI=1S/C24H41N5O2/c1-5-6-7-8-9-10-11-15-18-25-22-27-23(3,4)29-24(28-22,31-20(2)30)26-19-21-16-13-12-14-17-21/h12-14,16-17,26,29H,5-11,15,18-19H2,1-4H3,(H2,25,27,28). The highest BCUT2D eigenvalue weighted by molar-refractivity contribution is 5.82. The summed E-state index contributed by atoms with van der Waals surface area (Å²) in [4.78, 5) is 16.6. The number of unbranched alkanes of at least 4 members (excludes halogenated alkanes) is 7. The number of guanidine groups is 1. The van der Waals surface area contributed by atoms with Crippen LogP contribution in [0.3, 0.4) is 0 Å². The SMILES string of the molecule is CCCCCCCCCCNC1=NC(C)(C)NC(NCc2ccccc2)(OC(C)=O)N1. The van der Waals surface area contributed by atoms with Gasteiger partial charge in [-0.15, -0.1) is 0 Å². The van der Waals surface area contributed by atoms with Crippen LogP contribution in [0.25, 0.3) is 0 Å². The number of carbonyl (C=O) groups is 1. The number of esters is 1. The second-order valence-corrected chi connectivity index (χ2v) is 8.79. The van der Waals surface area contributed by atoms with Gasteiger partial charge in [0.25, 0.3) is 0 Å². The van der Waals surface area contributed by atoms with E-state index in [0.717, 1.165) is 18.5 Å². The van der Waals surface area contributed by atoms with Crippen LogP contribution in [-0.2, 0) is 16.1 Å². The van der Waals surface area contributed by atoms with Gasteiger partial charge in [0.15, 0.2) is 5.96 Å². The summed E-state index contributed by atoms with van der Waals surface area (Å²) in [6.07, 6.45) is 10.2. The minimum absolute atomic E-state index is 0.388. The van der Waals surface area contributed by atoms with E-state index in [0.29, 0.717) is 12.5 Å². The first-order valence-corrected chi connectivity index (χ1v) is 11.7. The Hall–Kier alpha value is -2.12. The average molecular weight is 432 g/mol. The van der Waals surface area contributed by atoms with Gasteiger partial charge >= 0.3 is 11.9 Å². The van der Waals surface area contributed by atoms with Crippen molar-refractivity contribution in [3.63, 3.8) is 0 Å². The number of rotatable bonds is 13. The Bertz CT molecular complexity index is 692. The molecule has 31 heavy (non-hydrogen) atoms. The summed E-state index contributed by atoms with van der Waals surface area (Å²) < 4.78 is 5.66. The van der Waals surface area contributed by atoms with E-state index in [4.69, 9.17) is 9.73 Å². The molecule has 4 N–H and O–H groups in total. The van der Waals surface area contributed by atoms with Crippen molar-refractivity contribution in [1.82, 2.24) is 21.3 Å². The van der Waals surface area contributed by atoms with Crippen molar-refractivity contribution in [2.75, 3.05) is 6.54 Å². The van der Waals surface area contributed by atoms with E-state index >= 15 is 0 Å². The third-order valence-electron chi connectivity index (χ3n) is 5.17. The van der Waals surface area contributed by atoms with Gasteiger partial charge in [0.1, 0.15) is 5.66 Å². The van der Waals surface area contributed by atoms with E-state index in [2.05, 4.69) is 28.2 Å². The quantitative estimate of drug-likeness (QED) is 0.215. The average Bonchev–Trinajstić information content (AvgIpc) is 2.70. The van der Waals surface area contributed by atoms with Crippen LogP contribution in [0.1, 0.15) is 84.6 Å². The first-order chi connectivity index (χ1) is 14.8. The van der Waals surface area contributed by atoms with Gasteiger partial charge in [-0.05, 0) is 25.8 Å². The van der Waals surface area contributed by atoms with E-state index in [1.54, 1.807) is 0 Å². The Morgan fingerprint density at radius 3 is 2.32 bits per heavy atom.